The first-order valence-corrected chi connectivity index (χ1v) is 8.15. The van der Waals surface area contributed by atoms with Gasteiger partial charge in [0.1, 0.15) is 17.3 Å². The first-order chi connectivity index (χ1) is 11.4. The molecule has 7 nitrogen and oxygen atoms in total. The molecule has 1 amide bonds. The molecule has 0 aromatic carbocycles. The van der Waals surface area contributed by atoms with Gasteiger partial charge >= 0.3 is 0 Å². The molecular weight excluding hydrogens is 318 g/mol. The fourth-order valence-electron chi connectivity index (χ4n) is 2.03. The Morgan fingerprint density at radius 1 is 1.04 bits per heavy atom. The number of H-pyrrole nitrogens is 1. The second kappa shape index (κ2) is 6.38. The lowest BCUT2D eigenvalue weighted by molar-refractivity contribution is 0.102. The Kier molecular flexibility index (Phi) is 4.79. The van der Waals surface area contributed by atoms with Crippen LogP contribution in [0.5, 0.6) is 0 Å². The van der Waals surface area contributed by atoms with Crippen molar-refractivity contribution in [1.82, 2.24) is 20.2 Å². The van der Waals surface area contributed by atoms with Crippen LogP contribution in [0, 0.1) is 6.92 Å². The highest BCUT2D eigenvalue weighted by molar-refractivity contribution is 6.02. The molecule has 2 heterocycles. The van der Waals surface area contributed by atoms with Crippen molar-refractivity contribution in [3.05, 3.63) is 45.3 Å². The molecule has 134 valence electrons. The molecule has 0 aliphatic heterocycles. The van der Waals surface area contributed by atoms with E-state index >= 15 is 0 Å². The van der Waals surface area contributed by atoms with Crippen LogP contribution < -0.4 is 10.9 Å². The van der Waals surface area contributed by atoms with E-state index in [1.54, 1.807) is 13.0 Å². The van der Waals surface area contributed by atoms with Crippen molar-refractivity contribution in [1.29, 1.82) is 0 Å². The molecule has 2 N–H and O–H groups in total. The maximum atomic E-state index is 12.4. The predicted molar refractivity (Wildman–Crippen MR) is 97.0 cm³/mol. The topological polar surface area (TPSA) is 101 Å². The average molecular weight is 343 g/mol. The van der Waals surface area contributed by atoms with Crippen LogP contribution in [0.3, 0.4) is 0 Å². The van der Waals surface area contributed by atoms with Crippen molar-refractivity contribution in [3.63, 3.8) is 0 Å². The van der Waals surface area contributed by atoms with Crippen LogP contribution in [0.15, 0.2) is 16.9 Å². The smallest absolute Gasteiger partial charge is 0.277 e. The summed E-state index contributed by atoms with van der Waals surface area (Å²) >= 11 is 0. The fourth-order valence-corrected chi connectivity index (χ4v) is 2.03. The van der Waals surface area contributed by atoms with E-state index in [0.29, 0.717) is 17.2 Å². The zero-order valence-corrected chi connectivity index (χ0v) is 15.8. The summed E-state index contributed by atoms with van der Waals surface area (Å²) in [7, 11) is 0. The maximum Gasteiger partial charge on any atom is 0.277 e. The number of aromatic nitrogens is 4. The van der Waals surface area contributed by atoms with E-state index in [1.807, 2.05) is 20.8 Å². The molecule has 25 heavy (non-hydrogen) atoms. The van der Waals surface area contributed by atoms with Crippen molar-refractivity contribution in [2.75, 3.05) is 5.32 Å². The molecule has 2 aromatic rings. The summed E-state index contributed by atoms with van der Waals surface area (Å²) in [6.45, 7) is 13.9. The number of nitrogens with one attached hydrogen (secondary N) is 2. The average Bonchev–Trinajstić information content (AvgIpc) is 2.48. The second-order valence-electron chi connectivity index (χ2n) is 8.18. The van der Waals surface area contributed by atoms with Gasteiger partial charge in [0.05, 0.1) is 5.69 Å². The minimum atomic E-state index is -0.433. The first-order valence-electron chi connectivity index (χ1n) is 8.15. The van der Waals surface area contributed by atoms with E-state index in [-0.39, 0.29) is 22.1 Å². The summed E-state index contributed by atoms with van der Waals surface area (Å²) in [5.74, 6) is 0.638. The number of carbonyl (C=O) groups is 1. The fraction of sp³-hybridized carbons (Fsp3) is 0.500. The molecule has 0 aliphatic rings. The third-order valence-electron chi connectivity index (χ3n) is 3.63. The van der Waals surface area contributed by atoms with E-state index in [4.69, 9.17) is 0 Å². The summed E-state index contributed by atoms with van der Waals surface area (Å²) in [4.78, 5) is 33.0. The van der Waals surface area contributed by atoms with Crippen LogP contribution in [-0.4, -0.2) is 26.1 Å². The van der Waals surface area contributed by atoms with Gasteiger partial charge in [-0.05, 0) is 13.0 Å². The number of hydrogen-bond acceptors (Lipinski definition) is 5. The molecule has 2 rings (SSSR count). The molecule has 0 atom stereocenters. The summed E-state index contributed by atoms with van der Waals surface area (Å²) in [6.07, 6.45) is 0. The molecule has 7 heteroatoms. The lowest BCUT2D eigenvalue weighted by Gasteiger charge is -2.23. The van der Waals surface area contributed by atoms with E-state index in [0.717, 1.165) is 5.69 Å². The lowest BCUT2D eigenvalue weighted by Crippen LogP contribution is -2.24. The molecule has 0 saturated carbocycles. The third-order valence-corrected chi connectivity index (χ3v) is 3.63. The van der Waals surface area contributed by atoms with Gasteiger partial charge in [-0.1, -0.05) is 41.5 Å². The third kappa shape index (κ3) is 4.49. The van der Waals surface area contributed by atoms with E-state index in [2.05, 4.69) is 46.3 Å². The highest BCUT2D eigenvalue weighted by Gasteiger charge is 2.24. The summed E-state index contributed by atoms with van der Waals surface area (Å²) < 4.78 is 0. The Balaban J connectivity index is 2.42. The predicted octanol–water partition coefficient (Wildman–Crippen LogP) is 2.72. The Bertz CT molecular complexity index is 825. The molecule has 0 unspecified atom stereocenters. The minimum absolute atomic E-state index is 0.130. The number of amides is 1. The summed E-state index contributed by atoms with van der Waals surface area (Å²) in [6, 6.07) is 3.22. The van der Waals surface area contributed by atoms with Gasteiger partial charge in [-0.3, -0.25) is 9.59 Å². The van der Waals surface area contributed by atoms with Crippen LogP contribution in [0.4, 0.5) is 5.82 Å². The van der Waals surface area contributed by atoms with Gasteiger partial charge in [-0.2, -0.15) is 5.10 Å². The normalized spacial score (nSPS) is 12.1. The second-order valence-corrected chi connectivity index (χ2v) is 8.18. The van der Waals surface area contributed by atoms with Crippen LogP contribution in [-0.2, 0) is 10.8 Å². The maximum absolute atomic E-state index is 12.4. The number of nitrogens with zero attached hydrogens (tertiary/aromatic N) is 3. The highest BCUT2D eigenvalue weighted by atomic mass is 16.2. The number of anilines is 1. The van der Waals surface area contributed by atoms with Gasteiger partial charge in [0, 0.05) is 22.5 Å². The zero-order valence-electron chi connectivity index (χ0n) is 15.8. The van der Waals surface area contributed by atoms with Gasteiger partial charge in [0.25, 0.3) is 11.5 Å². The molecule has 0 spiro atoms. The number of rotatable bonds is 2. The summed E-state index contributed by atoms with van der Waals surface area (Å²) in [5, 5.41) is 8.85. The molecule has 0 saturated heterocycles. The molecule has 0 fully saturated rings. The van der Waals surface area contributed by atoms with Crippen molar-refractivity contribution in [3.8, 4) is 0 Å². The highest BCUT2D eigenvalue weighted by Crippen LogP contribution is 2.26. The van der Waals surface area contributed by atoms with Crippen LogP contribution in [0.25, 0.3) is 0 Å². The van der Waals surface area contributed by atoms with Crippen LogP contribution in [0.2, 0.25) is 0 Å². The number of hydrogen-bond donors (Lipinski definition) is 2. The monoisotopic (exact) mass is 343 g/mol. The zero-order chi connectivity index (χ0) is 19.0. The molecule has 0 bridgehead atoms. The standard InChI is InChI=1S/C18H25N5O2/c1-10-8-11(22-23-14(10)24)15(25)20-13-9-12(17(2,3)4)19-16(21-13)18(5,6)7/h8-9H,1-7H3,(H,23,24)(H,19,20,21,25). The number of aromatic amines is 1. The Hall–Kier alpha value is -2.57. The molecular formula is C18H25N5O2. The molecule has 0 radical (unpaired) electrons. The van der Waals surface area contributed by atoms with Crippen molar-refractivity contribution < 1.29 is 4.79 Å². The minimum Gasteiger partial charge on any atom is -0.305 e. The lowest BCUT2D eigenvalue weighted by atomic mass is 9.90. The van der Waals surface area contributed by atoms with Gasteiger partial charge in [-0.25, -0.2) is 15.1 Å². The summed E-state index contributed by atoms with van der Waals surface area (Å²) in [5.41, 5.74) is 0.638. The van der Waals surface area contributed by atoms with Crippen LogP contribution >= 0.6 is 0 Å². The number of carbonyl (C=O) groups excluding carboxylic acids is 1. The van der Waals surface area contributed by atoms with Crippen molar-refractivity contribution in [2.24, 2.45) is 0 Å². The van der Waals surface area contributed by atoms with Crippen molar-refractivity contribution in [2.45, 2.75) is 59.3 Å². The Morgan fingerprint density at radius 3 is 2.20 bits per heavy atom. The van der Waals surface area contributed by atoms with E-state index in [9.17, 15) is 9.59 Å². The SMILES string of the molecule is Cc1cc(C(=O)Nc2cc(C(C)(C)C)nc(C(C)(C)C)n2)n[nH]c1=O. The Morgan fingerprint density at radius 2 is 1.68 bits per heavy atom. The first kappa shape index (κ1) is 18.8. The van der Waals surface area contributed by atoms with Gasteiger partial charge < -0.3 is 5.32 Å². The largest absolute Gasteiger partial charge is 0.305 e. The van der Waals surface area contributed by atoms with Gasteiger partial charge in [0.15, 0.2) is 0 Å². The van der Waals surface area contributed by atoms with Gasteiger partial charge in [0.2, 0.25) is 0 Å². The van der Waals surface area contributed by atoms with E-state index in [1.165, 1.54) is 6.07 Å². The van der Waals surface area contributed by atoms with Crippen LogP contribution in [0.1, 0.15) is 69.1 Å². The quantitative estimate of drug-likeness (QED) is 0.873. The van der Waals surface area contributed by atoms with Crippen molar-refractivity contribution >= 4 is 11.7 Å². The Labute approximate surface area is 147 Å². The van der Waals surface area contributed by atoms with E-state index < -0.39 is 5.91 Å². The van der Waals surface area contributed by atoms with Gasteiger partial charge in [-0.15, -0.1) is 0 Å². The molecule has 2 aromatic heterocycles. The molecule has 0 aliphatic carbocycles. The number of aryl methyl sites for hydroxylation is 1.